The zero-order valence-corrected chi connectivity index (χ0v) is 12.5. The number of thiophene rings is 1. The van der Waals surface area contributed by atoms with Gasteiger partial charge in [0.05, 0.1) is 16.8 Å². The van der Waals surface area contributed by atoms with E-state index in [4.69, 9.17) is 11.6 Å². The minimum atomic E-state index is 0.288. The minimum Gasteiger partial charge on any atom is -0.377 e. The van der Waals surface area contributed by atoms with Crippen LogP contribution >= 0.6 is 22.9 Å². The van der Waals surface area contributed by atoms with Gasteiger partial charge in [-0.05, 0) is 50.1 Å². The first kappa shape index (κ1) is 13.4. The van der Waals surface area contributed by atoms with Crippen LogP contribution in [0.3, 0.4) is 0 Å². The molecule has 1 aromatic carbocycles. The van der Waals surface area contributed by atoms with Crippen molar-refractivity contribution in [1.82, 2.24) is 0 Å². The van der Waals surface area contributed by atoms with Crippen LogP contribution < -0.4 is 5.32 Å². The summed E-state index contributed by atoms with van der Waals surface area (Å²) in [5.74, 6) is 0. The normalized spacial score (nSPS) is 12.4. The molecule has 1 N–H and O–H groups in total. The molecular formula is C15H18ClNS. The molecule has 0 aliphatic rings. The van der Waals surface area contributed by atoms with Crippen LogP contribution in [0.4, 0.5) is 5.69 Å². The summed E-state index contributed by atoms with van der Waals surface area (Å²) >= 11 is 8.10. The third-order valence-corrected chi connectivity index (χ3v) is 4.68. The van der Waals surface area contributed by atoms with E-state index < -0.39 is 0 Å². The van der Waals surface area contributed by atoms with Gasteiger partial charge in [-0.15, -0.1) is 11.3 Å². The Morgan fingerprint density at radius 2 is 2.06 bits per heavy atom. The summed E-state index contributed by atoms with van der Waals surface area (Å²) in [4.78, 5) is 2.78. The van der Waals surface area contributed by atoms with Crippen LogP contribution in [0.25, 0.3) is 0 Å². The van der Waals surface area contributed by atoms with Crippen LogP contribution in [0, 0.1) is 6.92 Å². The Labute approximate surface area is 118 Å². The molecular weight excluding hydrogens is 262 g/mol. The molecule has 1 nitrogen and oxygen atoms in total. The predicted octanol–water partition coefficient (Wildman–Crippen LogP) is 5.45. The molecule has 1 aromatic heterocycles. The average Bonchev–Trinajstić information content (AvgIpc) is 2.81. The summed E-state index contributed by atoms with van der Waals surface area (Å²) in [7, 11) is 0. The zero-order chi connectivity index (χ0) is 13.1. The molecule has 0 saturated carbocycles. The van der Waals surface area contributed by atoms with Crippen LogP contribution in [-0.4, -0.2) is 0 Å². The molecule has 0 aliphatic carbocycles. The molecule has 2 aromatic rings. The molecule has 0 fully saturated rings. The molecule has 0 saturated heterocycles. The molecule has 3 heteroatoms. The van der Waals surface area contributed by atoms with E-state index in [1.54, 1.807) is 0 Å². The van der Waals surface area contributed by atoms with E-state index in [0.29, 0.717) is 0 Å². The monoisotopic (exact) mass is 279 g/mol. The van der Waals surface area contributed by atoms with Crippen molar-refractivity contribution < 1.29 is 0 Å². The maximum Gasteiger partial charge on any atom is 0.0640 e. The highest BCUT2D eigenvalue weighted by molar-refractivity contribution is 7.12. The van der Waals surface area contributed by atoms with Gasteiger partial charge in [-0.3, -0.25) is 0 Å². The number of nitrogens with one attached hydrogen (secondary N) is 1. The predicted molar refractivity (Wildman–Crippen MR) is 81.9 cm³/mol. The summed E-state index contributed by atoms with van der Waals surface area (Å²) in [6.45, 7) is 6.40. The van der Waals surface area contributed by atoms with Crippen molar-refractivity contribution in [1.29, 1.82) is 0 Å². The fraction of sp³-hybridized carbons (Fsp3) is 0.333. The topological polar surface area (TPSA) is 12.0 Å². The highest BCUT2D eigenvalue weighted by atomic mass is 35.5. The van der Waals surface area contributed by atoms with E-state index in [1.807, 2.05) is 30.4 Å². The Kier molecular flexibility index (Phi) is 4.31. The Balaban J connectivity index is 2.13. The number of halogens is 1. The SMILES string of the molecule is CCc1ccc(C(C)Nc2ccc(C)cc2Cl)s1. The fourth-order valence-corrected chi connectivity index (χ4v) is 3.10. The summed E-state index contributed by atoms with van der Waals surface area (Å²) in [5.41, 5.74) is 2.18. The first-order valence-corrected chi connectivity index (χ1v) is 7.41. The van der Waals surface area contributed by atoms with E-state index >= 15 is 0 Å². The van der Waals surface area contributed by atoms with Crippen LogP contribution in [0.15, 0.2) is 30.3 Å². The van der Waals surface area contributed by atoms with E-state index in [-0.39, 0.29) is 6.04 Å². The van der Waals surface area contributed by atoms with Crippen molar-refractivity contribution in [2.24, 2.45) is 0 Å². The lowest BCUT2D eigenvalue weighted by molar-refractivity contribution is 0.908. The van der Waals surface area contributed by atoms with Gasteiger partial charge in [-0.25, -0.2) is 0 Å². The number of aryl methyl sites for hydroxylation is 2. The van der Waals surface area contributed by atoms with Crippen LogP contribution in [0.2, 0.25) is 5.02 Å². The lowest BCUT2D eigenvalue weighted by Crippen LogP contribution is -2.05. The van der Waals surface area contributed by atoms with Crippen LogP contribution in [-0.2, 0) is 6.42 Å². The number of benzene rings is 1. The van der Waals surface area contributed by atoms with Crippen molar-refractivity contribution >= 4 is 28.6 Å². The van der Waals surface area contributed by atoms with Crippen molar-refractivity contribution in [2.45, 2.75) is 33.2 Å². The highest BCUT2D eigenvalue weighted by Crippen LogP contribution is 2.30. The second-order valence-corrected chi connectivity index (χ2v) is 6.11. The van der Waals surface area contributed by atoms with Gasteiger partial charge in [0.1, 0.15) is 0 Å². The van der Waals surface area contributed by atoms with Gasteiger partial charge < -0.3 is 5.32 Å². The molecule has 0 amide bonds. The van der Waals surface area contributed by atoms with E-state index in [9.17, 15) is 0 Å². The molecule has 0 bridgehead atoms. The van der Waals surface area contributed by atoms with E-state index in [2.05, 4.69) is 37.4 Å². The lowest BCUT2D eigenvalue weighted by atomic mass is 10.2. The fourth-order valence-electron chi connectivity index (χ4n) is 1.86. The third-order valence-electron chi connectivity index (χ3n) is 2.95. The number of rotatable bonds is 4. The van der Waals surface area contributed by atoms with Gasteiger partial charge >= 0.3 is 0 Å². The maximum atomic E-state index is 6.23. The quantitative estimate of drug-likeness (QED) is 0.785. The summed E-state index contributed by atoms with van der Waals surface area (Å²) < 4.78 is 0. The molecule has 1 heterocycles. The van der Waals surface area contributed by atoms with Gasteiger partial charge in [0, 0.05) is 9.75 Å². The standard InChI is InChI=1S/C15H18ClNS/c1-4-12-6-8-15(18-12)11(3)17-14-7-5-10(2)9-13(14)16/h5-9,11,17H,4H2,1-3H3. The Morgan fingerprint density at radius 1 is 1.28 bits per heavy atom. The van der Waals surface area contributed by atoms with Gasteiger partial charge in [-0.1, -0.05) is 24.6 Å². The van der Waals surface area contributed by atoms with Crippen molar-refractivity contribution in [3.8, 4) is 0 Å². The molecule has 1 unspecified atom stereocenters. The molecule has 18 heavy (non-hydrogen) atoms. The minimum absolute atomic E-state index is 0.288. The second kappa shape index (κ2) is 5.77. The van der Waals surface area contributed by atoms with E-state index in [0.717, 1.165) is 17.1 Å². The van der Waals surface area contributed by atoms with E-state index in [1.165, 1.54) is 15.3 Å². The van der Waals surface area contributed by atoms with Crippen molar-refractivity contribution in [2.75, 3.05) is 5.32 Å². The first-order chi connectivity index (χ1) is 8.60. The van der Waals surface area contributed by atoms with Crippen LogP contribution in [0.1, 0.15) is 35.2 Å². The Bertz CT molecular complexity index is 533. The molecule has 0 aliphatic heterocycles. The molecule has 1 atom stereocenters. The lowest BCUT2D eigenvalue weighted by Gasteiger charge is -2.15. The molecule has 0 spiro atoms. The van der Waals surface area contributed by atoms with Gasteiger partial charge in [-0.2, -0.15) is 0 Å². The van der Waals surface area contributed by atoms with Crippen molar-refractivity contribution in [3.63, 3.8) is 0 Å². The number of anilines is 1. The Morgan fingerprint density at radius 3 is 2.67 bits per heavy atom. The van der Waals surface area contributed by atoms with Gasteiger partial charge in [0.15, 0.2) is 0 Å². The smallest absolute Gasteiger partial charge is 0.0640 e. The molecule has 2 rings (SSSR count). The summed E-state index contributed by atoms with van der Waals surface area (Å²) in [6, 6.07) is 10.8. The Hall–Kier alpha value is -0.990. The third kappa shape index (κ3) is 3.06. The van der Waals surface area contributed by atoms with Crippen LogP contribution in [0.5, 0.6) is 0 Å². The van der Waals surface area contributed by atoms with Gasteiger partial charge in [0.2, 0.25) is 0 Å². The molecule has 96 valence electrons. The maximum absolute atomic E-state index is 6.23. The summed E-state index contributed by atoms with van der Waals surface area (Å²) in [5, 5.41) is 4.26. The van der Waals surface area contributed by atoms with Crippen molar-refractivity contribution in [3.05, 3.63) is 50.7 Å². The average molecular weight is 280 g/mol. The number of hydrogen-bond acceptors (Lipinski definition) is 2. The zero-order valence-electron chi connectivity index (χ0n) is 11.0. The second-order valence-electron chi connectivity index (χ2n) is 4.51. The highest BCUT2D eigenvalue weighted by Gasteiger charge is 2.10. The summed E-state index contributed by atoms with van der Waals surface area (Å²) in [6.07, 6.45) is 1.10. The number of hydrogen-bond donors (Lipinski definition) is 1. The largest absolute Gasteiger partial charge is 0.377 e. The van der Waals surface area contributed by atoms with Gasteiger partial charge in [0.25, 0.3) is 0 Å². The first-order valence-electron chi connectivity index (χ1n) is 6.21. The molecule has 0 radical (unpaired) electrons.